The molecule has 2 aromatic rings. The molecule has 3 aliphatic rings. The lowest BCUT2D eigenvalue weighted by atomic mass is 9.90. The van der Waals surface area contributed by atoms with Crippen LogP contribution in [0.15, 0.2) is 53.6 Å². The molecule has 5 heteroatoms. The van der Waals surface area contributed by atoms with Gasteiger partial charge in [0.05, 0.1) is 11.8 Å². The molecule has 2 aromatic carbocycles. The Kier molecular flexibility index (Phi) is 4.27. The minimum absolute atomic E-state index is 0.164. The van der Waals surface area contributed by atoms with Crippen LogP contribution in [0.25, 0.3) is 0 Å². The lowest BCUT2D eigenvalue weighted by Gasteiger charge is -2.51. The zero-order chi connectivity index (χ0) is 19.1. The van der Waals surface area contributed by atoms with Crippen LogP contribution < -0.4 is 4.74 Å². The molecular formula is C23H27N3O2. The number of phenols is 1. The van der Waals surface area contributed by atoms with Crippen LogP contribution in [-0.4, -0.2) is 46.1 Å². The topological polar surface area (TPSA) is 48.3 Å². The van der Waals surface area contributed by atoms with Crippen LogP contribution in [0.3, 0.4) is 0 Å². The van der Waals surface area contributed by atoms with Gasteiger partial charge in [0.15, 0.2) is 0 Å². The number of benzene rings is 2. The zero-order valence-electron chi connectivity index (χ0n) is 16.3. The summed E-state index contributed by atoms with van der Waals surface area (Å²) in [5, 5.41) is 17.6. The van der Waals surface area contributed by atoms with Crippen LogP contribution in [0.4, 0.5) is 0 Å². The molecule has 1 atom stereocenters. The van der Waals surface area contributed by atoms with E-state index in [2.05, 4.69) is 35.0 Å². The van der Waals surface area contributed by atoms with E-state index in [1.165, 1.54) is 12.0 Å². The van der Waals surface area contributed by atoms with E-state index in [0.717, 1.165) is 55.9 Å². The molecule has 3 heterocycles. The van der Waals surface area contributed by atoms with E-state index < -0.39 is 5.72 Å². The number of piperidine rings is 1. The number of ether oxygens (including phenoxy) is 1. The van der Waals surface area contributed by atoms with Crippen LogP contribution in [0.1, 0.15) is 49.8 Å². The molecule has 0 aromatic heterocycles. The van der Waals surface area contributed by atoms with E-state index >= 15 is 0 Å². The lowest BCUT2D eigenvalue weighted by molar-refractivity contribution is -0.149. The highest BCUT2D eigenvalue weighted by atomic mass is 16.5. The van der Waals surface area contributed by atoms with E-state index in [1.54, 1.807) is 6.07 Å². The normalized spacial score (nSPS) is 23.1. The molecule has 1 N–H and O–H groups in total. The summed E-state index contributed by atoms with van der Waals surface area (Å²) in [6.07, 6.45) is 3.85. The van der Waals surface area contributed by atoms with E-state index in [1.807, 2.05) is 24.3 Å². The Morgan fingerprint density at radius 2 is 1.86 bits per heavy atom. The van der Waals surface area contributed by atoms with Gasteiger partial charge in [-0.25, -0.2) is 5.01 Å². The summed E-state index contributed by atoms with van der Waals surface area (Å²) in [5.74, 6) is 1.28. The van der Waals surface area contributed by atoms with Crippen LogP contribution >= 0.6 is 0 Å². The van der Waals surface area contributed by atoms with Gasteiger partial charge in [-0.3, -0.25) is 0 Å². The molecule has 5 rings (SSSR count). The number of aromatic hydroxyl groups is 1. The first-order valence-electron chi connectivity index (χ1n) is 10.4. The molecule has 1 fully saturated rings. The fourth-order valence-electron chi connectivity index (χ4n) is 4.88. The summed E-state index contributed by atoms with van der Waals surface area (Å²) >= 11 is 0. The summed E-state index contributed by atoms with van der Waals surface area (Å²) in [5.41, 5.74) is 2.57. The van der Waals surface area contributed by atoms with Gasteiger partial charge in [-0.1, -0.05) is 37.3 Å². The van der Waals surface area contributed by atoms with E-state index in [9.17, 15) is 5.11 Å². The van der Waals surface area contributed by atoms with Gasteiger partial charge in [0.2, 0.25) is 5.72 Å². The largest absolute Gasteiger partial charge is 0.507 e. The van der Waals surface area contributed by atoms with Gasteiger partial charge in [0.1, 0.15) is 11.5 Å². The number of nitrogens with zero attached hydrogens (tertiary/aromatic N) is 3. The first-order chi connectivity index (χ1) is 13.7. The molecule has 0 amide bonds. The molecule has 1 saturated heterocycles. The number of hydrogen-bond acceptors (Lipinski definition) is 5. The van der Waals surface area contributed by atoms with Crippen molar-refractivity contribution in [3.63, 3.8) is 0 Å². The SMILES string of the molecule is CCCN1CCC2(CC1)Oc1ccccc1[C@H]1CC(c3ccccc3O)=NN12. The van der Waals surface area contributed by atoms with E-state index in [0.29, 0.717) is 5.75 Å². The second kappa shape index (κ2) is 6.82. The van der Waals surface area contributed by atoms with Gasteiger partial charge in [0.25, 0.3) is 0 Å². The van der Waals surface area contributed by atoms with Crippen LogP contribution in [0, 0.1) is 0 Å². The van der Waals surface area contributed by atoms with Crippen molar-refractivity contribution in [1.82, 2.24) is 9.91 Å². The van der Waals surface area contributed by atoms with Crippen LogP contribution in [-0.2, 0) is 0 Å². The number of fused-ring (bicyclic) bond motifs is 4. The van der Waals surface area contributed by atoms with Crippen molar-refractivity contribution in [1.29, 1.82) is 0 Å². The summed E-state index contributed by atoms with van der Waals surface area (Å²) < 4.78 is 6.64. The first-order valence-corrected chi connectivity index (χ1v) is 10.4. The third kappa shape index (κ3) is 2.76. The summed E-state index contributed by atoms with van der Waals surface area (Å²) in [4.78, 5) is 2.52. The fourth-order valence-corrected chi connectivity index (χ4v) is 4.88. The molecule has 5 nitrogen and oxygen atoms in total. The van der Waals surface area contributed by atoms with Gasteiger partial charge in [-0.15, -0.1) is 0 Å². The maximum Gasteiger partial charge on any atom is 0.200 e. The van der Waals surface area contributed by atoms with Crippen molar-refractivity contribution in [2.45, 2.75) is 44.4 Å². The Balaban J connectivity index is 1.53. The average Bonchev–Trinajstić information content (AvgIpc) is 3.17. The van der Waals surface area contributed by atoms with Crippen molar-refractivity contribution < 1.29 is 9.84 Å². The van der Waals surface area contributed by atoms with Crippen molar-refractivity contribution in [3.05, 3.63) is 59.7 Å². The Morgan fingerprint density at radius 3 is 2.64 bits per heavy atom. The third-order valence-electron chi connectivity index (χ3n) is 6.30. The average molecular weight is 377 g/mol. The zero-order valence-corrected chi connectivity index (χ0v) is 16.3. The highest BCUT2D eigenvalue weighted by Gasteiger charge is 2.51. The number of rotatable bonds is 3. The van der Waals surface area contributed by atoms with Crippen molar-refractivity contribution in [2.75, 3.05) is 19.6 Å². The molecule has 28 heavy (non-hydrogen) atoms. The molecule has 0 unspecified atom stereocenters. The molecule has 1 spiro atoms. The molecule has 0 aliphatic carbocycles. The number of hydrogen-bond donors (Lipinski definition) is 1. The van der Waals surface area contributed by atoms with Gasteiger partial charge in [-0.05, 0) is 31.2 Å². The van der Waals surface area contributed by atoms with E-state index in [-0.39, 0.29) is 6.04 Å². The smallest absolute Gasteiger partial charge is 0.200 e. The molecule has 0 radical (unpaired) electrons. The van der Waals surface area contributed by atoms with Crippen molar-refractivity contribution in [2.24, 2.45) is 5.10 Å². The second-order valence-electron chi connectivity index (χ2n) is 8.06. The van der Waals surface area contributed by atoms with Gasteiger partial charge in [-0.2, -0.15) is 5.10 Å². The number of hydrazone groups is 1. The number of phenolic OH excluding ortho intramolecular Hbond substituents is 1. The van der Waals surface area contributed by atoms with Gasteiger partial charge >= 0.3 is 0 Å². The van der Waals surface area contributed by atoms with E-state index in [4.69, 9.17) is 9.84 Å². The minimum Gasteiger partial charge on any atom is -0.507 e. The summed E-state index contributed by atoms with van der Waals surface area (Å²) in [6, 6.07) is 16.0. The number of para-hydroxylation sites is 2. The van der Waals surface area contributed by atoms with Crippen molar-refractivity contribution >= 4 is 5.71 Å². The minimum atomic E-state index is -0.393. The predicted octanol–water partition coefficient (Wildman–Crippen LogP) is 4.14. The predicted molar refractivity (Wildman–Crippen MR) is 110 cm³/mol. The first kappa shape index (κ1) is 17.6. The molecule has 0 bridgehead atoms. The van der Waals surface area contributed by atoms with Crippen molar-refractivity contribution in [3.8, 4) is 11.5 Å². The number of likely N-dealkylation sites (tertiary alicyclic amines) is 1. The third-order valence-corrected chi connectivity index (χ3v) is 6.30. The monoisotopic (exact) mass is 377 g/mol. The van der Waals surface area contributed by atoms with Crippen LogP contribution in [0.2, 0.25) is 0 Å². The lowest BCUT2D eigenvalue weighted by Crippen LogP contribution is -2.59. The highest BCUT2D eigenvalue weighted by molar-refractivity contribution is 6.04. The van der Waals surface area contributed by atoms with Gasteiger partial charge < -0.3 is 14.7 Å². The molecule has 0 saturated carbocycles. The maximum absolute atomic E-state index is 10.4. The summed E-state index contributed by atoms with van der Waals surface area (Å²) in [7, 11) is 0. The Labute approximate surface area is 166 Å². The fraction of sp³-hybridized carbons (Fsp3) is 0.435. The Bertz CT molecular complexity index is 902. The second-order valence-corrected chi connectivity index (χ2v) is 8.06. The molecule has 146 valence electrons. The maximum atomic E-state index is 10.4. The molecule has 3 aliphatic heterocycles. The van der Waals surface area contributed by atoms with Gasteiger partial charge in [0, 0.05) is 43.5 Å². The standard InChI is InChI=1S/C23H27N3O2/c1-2-13-25-14-11-23(12-15-25)26-20(18-8-4-6-10-22(18)28-23)16-19(24-26)17-7-3-5-9-21(17)27/h3-10,20,27H,2,11-16H2,1H3/t20-/m1/s1. The Hall–Kier alpha value is -2.53. The highest BCUT2D eigenvalue weighted by Crippen LogP contribution is 2.50. The Morgan fingerprint density at radius 1 is 1.11 bits per heavy atom. The molecular weight excluding hydrogens is 350 g/mol. The van der Waals surface area contributed by atoms with Crippen LogP contribution in [0.5, 0.6) is 11.5 Å². The summed E-state index contributed by atoms with van der Waals surface area (Å²) in [6.45, 7) is 5.43. The quantitative estimate of drug-likeness (QED) is 0.873.